The van der Waals surface area contributed by atoms with Crippen LogP contribution in [-0.4, -0.2) is 11.6 Å². The number of pyridine rings is 1. The molecule has 2 nitrogen and oxygen atoms in total. The third-order valence-electron chi connectivity index (χ3n) is 3.94. The lowest BCUT2D eigenvalue weighted by atomic mass is 10.1. The fourth-order valence-electron chi connectivity index (χ4n) is 2.63. The number of nitrogens with zero attached hydrogens (tertiary/aromatic N) is 1. The molecule has 0 unspecified atom stereocenters. The Kier molecular flexibility index (Phi) is 7.72. The summed E-state index contributed by atoms with van der Waals surface area (Å²) in [5.41, 5.74) is 0.994. The zero-order valence-corrected chi connectivity index (χ0v) is 15.1. The maximum atomic E-state index is 5.92. The maximum Gasteiger partial charge on any atom is 0.134 e. The van der Waals surface area contributed by atoms with E-state index in [0.717, 1.165) is 34.2 Å². The van der Waals surface area contributed by atoms with Crippen LogP contribution in [0.1, 0.15) is 58.3 Å². The van der Waals surface area contributed by atoms with Gasteiger partial charge in [-0.1, -0.05) is 57.9 Å². The van der Waals surface area contributed by atoms with Crippen LogP contribution in [-0.2, 0) is 0 Å². The van der Waals surface area contributed by atoms with Crippen LogP contribution in [0.5, 0.6) is 5.75 Å². The van der Waals surface area contributed by atoms with Crippen molar-refractivity contribution in [3.05, 3.63) is 34.9 Å². The molecule has 0 aliphatic rings. The van der Waals surface area contributed by atoms with Crippen LogP contribution in [0.3, 0.4) is 0 Å². The van der Waals surface area contributed by atoms with Gasteiger partial charge in [0.25, 0.3) is 0 Å². The molecule has 0 aliphatic carbocycles. The molecule has 0 saturated carbocycles. The highest BCUT2D eigenvalue weighted by Crippen LogP contribution is 2.32. The fraction of sp³-hybridized carbons (Fsp3) is 0.526. The number of fused-ring (bicyclic) bond motifs is 1. The number of ether oxygens (including phenoxy) is 1. The number of unbranched alkanes of at least 4 members (excludes halogenated alkanes) is 7. The van der Waals surface area contributed by atoms with Crippen molar-refractivity contribution >= 4 is 26.8 Å². The molecule has 1 aromatic heterocycles. The summed E-state index contributed by atoms with van der Waals surface area (Å²) in [6, 6.07) is 8.04. The Labute approximate surface area is 142 Å². The first-order chi connectivity index (χ1) is 10.8. The first-order valence-electron chi connectivity index (χ1n) is 8.49. The van der Waals surface area contributed by atoms with Crippen LogP contribution in [0.15, 0.2) is 34.9 Å². The lowest BCUT2D eigenvalue weighted by Gasteiger charge is -2.10. The third kappa shape index (κ3) is 5.28. The zero-order valence-electron chi connectivity index (χ0n) is 13.5. The molecule has 0 fully saturated rings. The second-order valence-electron chi connectivity index (χ2n) is 5.77. The van der Waals surface area contributed by atoms with Crippen LogP contribution in [0.2, 0.25) is 0 Å². The van der Waals surface area contributed by atoms with E-state index >= 15 is 0 Å². The Morgan fingerprint density at radius 1 is 0.955 bits per heavy atom. The first kappa shape index (κ1) is 17.3. The van der Waals surface area contributed by atoms with Crippen LogP contribution in [0, 0.1) is 0 Å². The van der Waals surface area contributed by atoms with Crippen molar-refractivity contribution in [3.63, 3.8) is 0 Å². The van der Waals surface area contributed by atoms with E-state index in [2.05, 4.69) is 33.9 Å². The Morgan fingerprint density at radius 3 is 2.45 bits per heavy atom. The second-order valence-corrected chi connectivity index (χ2v) is 6.56. The number of hydrogen-bond acceptors (Lipinski definition) is 2. The summed E-state index contributed by atoms with van der Waals surface area (Å²) in [6.45, 7) is 3.05. The smallest absolute Gasteiger partial charge is 0.134 e. The van der Waals surface area contributed by atoms with Crippen molar-refractivity contribution in [1.29, 1.82) is 0 Å². The molecule has 0 amide bonds. The van der Waals surface area contributed by atoms with Crippen LogP contribution in [0.4, 0.5) is 0 Å². The molecular weight excluding hydrogens is 338 g/mol. The molecule has 120 valence electrons. The molecule has 2 rings (SSSR count). The van der Waals surface area contributed by atoms with Crippen LogP contribution >= 0.6 is 15.9 Å². The zero-order chi connectivity index (χ0) is 15.6. The minimum absolute atomic E-state index is 0.791. The Morgan fingerprint density at radius 2 is 1.68 bits per heavy atom. The highest BCUT2D eigenvalue weighted by Gasteiger charge is 2.06. The van der Waals surface area contributed by atoms with Crippen molar-refractivity contribution in [2.24, 2.45) is 0 Å². The summed E-state index contributed by atoms with van der Waals surface area (Å²) in [5, 5.41) is 1.11. The van der Waals surface area contributed by atoms with Crippen molar-refractivity contribution in [1.82, 2.24) is 4.98 Å². The summed E-state index contributed by atoms with van der Waals surface area (Å²) in [7, 11) is 0. The predicted octanol–water partition coefficient (Wildman–Crippen LogP) is 6.52. The van der Waals surface area contributed by atoms with Gasteiger partial charge in [0.1, 0.15) is 5.75 Å². The normalized spacial score (nSPS) is 11.0. The number of benzene rings is 1. The summed E-state index contributed by atoms with van der Waals surface area (Å²) in [5.74, 6) is 0.920. The van der Waals surface area contributed by atoms with Gasteiger partial charge in [0.05, 0.1) is 16.6 Å². The highest BCUT2D eigenvalue weighted by atomic mass is 79.9. The molecule has 22 heavy (non-hydrogen) atoms. The van der Waals surface area contributed by atoms with Crippen molar-refractivity contribution < 1.29 is 4.74 Å². The summed E-state index contributed by atoms with van der Waals surface area (Å²) < 4.78 is 6.93. The number of aromatic nitrogens is 1. The van der Waals surface area contributed by atoms with Gasteiger partial charge >= 0.3 is 0 Å². The molecule has 0 radical (unpaired) electrons. The van der Waals surface area contributed by atoms with Gasteiger partial charge in [0.15, 0.2) is 0 Å². The molecule has 0 aliphatic heterocycles. The predicted molar refractivity (Wildman–Crippen MR) is 97.5 cm³/mol. The number of rotatable bonds is 10. The molecule has 2 aromatic rings. The molecule has 1 heterocycles. The van der Waals surface area contributed by atoms with E-state index in [4.69, 9.17) is 4.74 Å². The third-order valence-corrected chi connectivity index (χ3v) is 4.76. The molecule has 0 saturated heterocycles. The topological polar surface area (TPSA) is 22.1 Å². The summed E-state index contributed by atoms with van der Waals surface area (Å²) >= 11 is 3.63. The highest BCUT2D eigenvalue weighted by molar-refractivity contribution is 9.10. The minimum Gasteiger partial charge on any atom is -0.492 e. The second kappa shape index (κ2) is 9.83. The van der Waals surface area contributed by atoms with Crippen LogP contribution < -0.4 is 4.74 Å². The van der Waals surface area contributed by atoms with E-state index in [1.54, 1.807) is 0 Å². The minimum atomic E-state index is 0.791. The molecule has 0 bridgehead atoms. The van der Waals surface area contributed by atoms with Gasteiger partial charge in [-0.3, -0.25) is 4.98 Å². The van der Waals surface area contributed by atoms with E-state index in [1.807, 2.05) is 24.4 Å². The van der Waals surface area contributed by atoms with Gasteiger partial charge in [-0.15, -0.1) is 0 Å². The van der Waals surface area contributed by atoms with Gasteiger partial charge in [-0.25, -0.2) is 0 Å². The maximum absolute atomic E-state index is 5.92. The molecule has 0 atom stereocenters. The summed E-state index contributed by atoms with van der Waals surface area (Å²) in [6.07, 6.45) is 12.4. The van der Waals surface area contributed by atoms with Crippen LogP contribution in [0.25, 0.3) is 10.9 Å². The molecular formula is C19H26BrNO. The van der Waals surface area contributed by atoms with E-state index in [-0.39, 0.29) is 0 Å². The van der Waals surface area contributed by atoms with Crippen molar-refractivity contribution in [2.45, 2.75) is 58.3 Å². The lowest BCUT2D eigenvalue weighted by molar-refractivity contribution is 0.303. The Hall–Kier alpha value is -1.09. The summed E-state index contributed by atoms with van der Waals surface area (Å²) in [4.78, 5) is 4.35. The average Bonchev–Trinajstić information content (AvgIpc) is 2.55. The van der Waals surface area contributed by atoms with E-state index in [9.17, 15) is 0 Å². The number of halogens is 1. The van der Waals surface area contributed by atoms with Gasteiger partial charge in [0.2, 0.25) is 0 Å². The van der Waals surface area contributed by atoms with E-state index in [0.29, 0.717) is 0 Å². The largest absolute Gasteiger partial charge is 0.492 e. The van der Waals surface area contributed by atoms with E-state index in [1.165, 1.54) is 44.9 Å². The van der Waals surface area contributed by atoms with Crippen molar-refractivity contribution in [2.75, 3.05) is 6.61 Å². The monoisotopic (exact) mass is 363 g/mol. The standard InChI is InChI=1S/C19H26BrNO/c1-2-3-4-5-6-7-8-9-15-22-18-13-12-17-16(19(18)20)11-10-14-21-17/h10-14H,2-9,15H2,1H3. The molecule has 1 aromatic carbocycles. The molecule has 0 N–H and O–H groups in total. The quantitative estimate of drug-likeness (QED) is 0.448. The van der Waals surface area contributed by atoms with Gasteiger partial charge < -0.3 is 4.74 Å². The average molecular weight is 364 g/mol. The number of hydrogen-bond donors (Lipinski definition) is 0. The molecule has 0 spiro atoms. The Balaban J connectivity index is 1.68. The SMILES string of the molecule is CCCCCCCCCCOc1ccc2ncccc2c1Br. The lowest BCUT2D eigenvalue weighted by Crippen LogP contribution is -1.98. The van der Waals surface area contributed by atoms with Gasteiger partial charge in [-0.2, -0.15) is 0 Å². The van der Waals surface area contributed by atoms with Gasteiger partial charge in [-0.05, 0) is 40.5 Å². The van der Waals surface area contributed by atoms with Gasteiger partial charge in [0, 0.05) is 11.6 Å². The Bertz CT molecular complexity index is 570. The molecule has 3 heteroatoms. The van der Waals surface area contributed by atoms with Crippen molar-refractivity contribution in [3.8, 4) is 5.75 Å². The fourth-order valence-corrected chi connectivity index (χ4v) is 3.21. The van der Waals surface area contributed by atoms with E-state index < -0.39 is 0 Å². The first-order valence-corrected chi connectivity index (χ1v) is 9.28.